The Morgan fingerprint density at radius 3 is 2.69 bits per heavy atom. The van der Waals surface area contributed by atoms with Gasteiger partial charge in [-0.15, -0.1) is 0 Å². The summed E-state index contributed by atoms with van der Waals surface area (Å²) in [6.07, 6.45) is 1.66. The van der Waals surface area contributed by atoms with Crippen LogP contribution in [-0.2, 0) is 6.54 Å². The van der Waals surface area contributed by atoms with Gasteiger partial charge in [-0.2, -0.15) is 5.10 Å². The Balaban J connectivity index is 1.46. The van der Waals surface area contributed by atoms with Gasteiger partial charge in [0, 0.05) is 42.2 Å². The second kappa shape index (κ2) is 9.18. The highest BCUT2D eigenvalue weighted by molar-refractivity contribution is 5.97. The van der Waals surface area contributed by atoms with Crippen molar-refractivity contribution in [3.05, 3.63) is 77.2 Å². The van der Waals surface area contributed by atoms with E-state index in [4.69, 9.17) is 4.74 Å². The lowest BCUT2D eigenvalue weighted by Gasteiger charge is -2.17. The van der Waals surface area contributed by atoms with Gasteiger partial charge in [-0.25, -0.2) is 9.97 Å². The van der Waals surface area contributed by atoms with E-state index in [1.807, 2.05) is 38.1 Å². The van der Waals surface area contributed by atoms with Crippen LogP contribution in [-0.4, -0.2) is 55.2 Å². The molecule has 0 aliphatic carbocycles. The maximum atomic E-state index is 13.1. The van der Waals surface area contributed by atoms with E-state index in [1.165, 1.54) is 0 Å². The number of imidazole rings is 1. The van der Waals surface area contributed by atoms with Gasteiger partial charge >= 0.3 is 0 Å². The molecule has 3 aromatic heterocycles. The zero-order chi connectivity index (χ0) is 25.4. The van der Waals surface area contributed by atoms with E-state index in [0.717, 1.165) is 33.6 Å². The Morgan fingerprint density at radius 1 is 1.11 bits per heavy atom. The molecule has 0 unspecified atom stereocenters. The number of benzene rings is 2. The van der Waals surface area contributed by atoms with Crippen LogP contribution < -0.4 is 4.74 Å². The first kappa shape index (κ1) is 23.1. The monoisotopic (exact) mass is 482 g/mol. The minimum absolute atomic E-state index is 0.0857. The summed E-state index contributed by atoms with van der Waals surface area (Å²) in [5.41, 5.74) is 6.92. The number of aromatic nitrogens is 5. The average molecular weight is 483 g/mol. The summed E-state index contributed by atoms with van der Waals surface area (Å²) >= 11 is 0. The number of rotatable bonds is 6. The smallest absolute Gasteiger partial charge is 0.253 e. The number of aromatic amines is 2. The van der Waals surface area contributed by atoms with Crippen molar-refractivity contribution in [3.63, 3.8) is 0 Å². The van der Waals surface area contributed by atoms with E-state index >= 15 is 0 Å². The molecule has 182 valence electrons. The van der Waals surface area contributed by atoms with Crippen molar-refractivity contribution in [1.29, 1.82) is 0 Å². The summed E-state index contributed by atoms with van der Waals surface area (Å²) in [6, 6.07) is 14.3. The number of phenols is 1. The molecule has 0 aliphatic heterocycles. The van der Waals surface area contributed by atoms with E-state index in [1.54, 1.807) is 49.5 Å². The molecular weight excluding hydrogens is 456 g/mol. The van der Waals surface area contributed by atoms with E-state index < -0.39 is 0 Å². The van der Waals surface area contributed by atoms with Crippen molar-refractivity contribution < 1.29 is 14.6 Å². The molecule has 0 radical (unpaired) electrons. The number of nitrogens with one attached hydrogen (secondary N) is 2. The van der Waals surface area contributed by atoms with Crippen LogP contribution in [0.15, 0.2) is 54.7 Å². The Morgan fingerprint density at radius 2 is 1.94 bits per heavy atom. The van der Waals surface area contributed by atoms with Gasteiger partial charge in [0.15, 0.2) is 0 Å². The van der Waals surface area contributed by atoms with Crippen LogP contribution in [0.2, 0.25) is 0 Å². The molecule has 36 heavy (non-hydrogen) atoms. The van der Waals surface area contributed by atoms with Crippen LogP contribution >= 0.6 is 0 Å². The number of pyridine rings is 1. The second-order valence-electron chi connectivity index (χ2n) is 8.68. The predicted octanol–water partition coefficient (Wildman–Crippen LogP) is 4.62. The first-order chi connectivity index (χ1) is 17.4. The molecule has 9 heteroatoms. The van der Waals surface area contributed by atoms with Gasteiger partial charge in [-0.1, -0.05) is 6.07 Å². The van der Waals surface area contributed by atoms with Crippen molar-refractivity contribution in [2.75, 3.05) is 14.2 Å². The normalized spacial score (nSPS) is 11.1. The highest BCUT2D eigenvalue weighted by Crippen LogP contribution is 2.35. The van der Waals surface area contributed by atoms with E-state index in [2.05, 4.69) is 25.1 Å². The number of methoxy groups -OCH3 is 1. The number of carbonyl (C=O) groups is 1. The summed E-state index contributed by atoms with van der Waals surface area (Å²) in [5, 5.41) is 17.8. The number of H-pyrrole nitrogens is 2. The minimum atomic E-state index is -0.116. The van der Waals surface area contributed by atoms with E-state index in [-0.39, 0.29) is 11.7 Å². The van der Waals surface area contributed by atoms with Crippen LogP contribution in [0.5, 0.6) is 11.6 Å². The number of aryl methyl sites for hydroxylation is 2. The van der Waals surface area contributed by atoms with Gasteiger partial charge < -0.3 is 19.7 Å². The van der Waals surface area contributed by atoms with Gasteiger partial charge in [0.05, 0.1) is 29.4 Å². The Kier molecular flexibility index (Phi) is 5.89. The fraction of sp³-hybridized carbons (Fsp3) is 0.185. The molecule has 0 spiro atoms. The fourth-order valence-corrected chi connectivity index (χ4v) is 4.27. The molecule has 5 rings (SSSR count). The summed E-state index contributed by atoms with van der Waals surface area (Å²) in [6.45, 7) is 4.32. The Labute approximate surface area is 207 Å². The lowest BCUT2D eigenvalue weighted by molar-refractivity contribution is 0.0785. The minimum Gasteiger partial charge on any atom is -0.507 e. The molecule has 0 aliphatic rings. The largest absolute Gasteiger partial charge is 0.507 e. The lowest BCUT2D eigenvalue weighted by Crippen LogP contribution is -2.26. The van der Waals surface area contributed by atoms with Crippen molar-refractivity contribution >= 4 is 16.9 Å². The third kappa shape index (κ3) is 4.15. The van der Waals surface area contributed by atoms with Gasteiger partial charge in [0.25, 0.3) is 5.91 Å². The molecule has 0 saturated carbocycles. The van der Waals surface area contributed by atoms with Crippen molar-refractivity contribution in [3.8, 4) is 34.1 Å². The SMILES string of the molecule is COc1ncccc1-c1ccc(O)c(-c2nc3cc(C(=O)N(C)Cc4c(C)n[nH]c4C)ccc3[nH]2)c1. The zero-order valence-corrected chi connectivity index (χ0v) is 20.5. The van der Waals surface area contributed by atoms with Crippen molar-refractivity contribution in [1.82, 2.24) is 30.0 Å². The van der Waals surface area contributed by atoms with Crippen LogP contribution in [0.4, 0.5) is 0 Å². The predicted molar refractivity (Wildman–Crippen MR) is 137 cm³/mol. The quantitative estimate of drug-likeness (QED) is 0.325. The van der Waals surface area contributed by atoms with Gasteiger partial charge in [0.2, 0.25) is 5.88 Å². The molecule has 5 aromatic rings. The standard InChI is InChI=1S/C27H26N6O3/c1-15-21(16(2)32-31-15)14-33(3)27(35)18-7-9-22-23(13-18)30-25(29-22)20-12-17(8-10-24(20)34)19-6-5-11-28-26(19)36-4/h5-13,34H,14H2,1-4H3,(H,29,30)(H,31,32). The summed E-state index contributed by atoms with van der Waals surface area (Å²) in [7, 11) is 3.34. The number of ether oxygens (including phenoxy) is 1. The third-order valence-electron chi connectivity index (χ3n) is 6.28. The number of amides is 1. The van der Waals surface area contributed by atoms with Crippen molar-refractivity contribution in [2.24, 2.45) is 0 Å². The Bertz CT molecular complexity index is 1570. The van der Waals surface area contributed by atoms with E-state index in [0.29, 0.717) is 34.9 Å². The highest BCUT2D eigenvalue weighted by Gasteiger charge is 2.18. The molecule has 2 aromatic carbocycles. The molecule has 3 N–H and O–H groups in total. The first-order valence-corrected chi connectivity index (χ1v) is 11.4. The summed E-state index contributed by atoms with van der Waals surface area (Å²) < 4.78 is 5.39. The number of hydrogen-bond acceptors (Lipinski definition) is 6. The molecule has 0 bridgehead atoms. The second-order valence-corrected chi connectivity index (χ2v) is 8.68. The van der Waals surface area contributed by atoms with Gasteiger partial charge in [-0.3, -0.25) is 9.89 Å². The van der Waals surface area contributed by atoms with E-state index in [9.17, 15) is 9.90 Å². The maximum Gasteiger partial charge on any atom is 0.253 e. The molecule has 9 nitrogen and oxygen atoms in total. The number of hydrogen-bond donors (Lipinski definition) is 3. The fourth-order valence-electron chi connectivity index (χ4n) is 4.27. The van der Waals surface area contributed by atoms with Crippen molar-refractivity contribution in [2.45, 2.75) is 20.4 Å². The van der Waals surface area contributed by atoms with Crippen LogP contribution in [0.25, 0.3) is 33.5 Å². The third-order valence-corrected chi connectivity index (χ3v) is 6.28. The molecule has 0 fully saturated rings. The molecule has 1 amide bonds. The summed E-state index contributed by atoms with van der Waals surface area (Å²) in [4.78, 5) is 27.0. The number of fused-ring (bicyclic) bond motifs is 1. The number of phenolic OH excluding ortho intramolecular Hbond substituents is 1. The van der Waals surface area contributed by atoms with Gasteiger partial charge in [0.1, 0.15) is 11.6 Å². The lowest BCUT2D eigenvalue weighted by atomic mass is 10.0. The summed E-state index contributed by atoms with van der Waals surface area (Å²) in [5.74, 6) is 0.958. The van der Waals surface area contributed by atoms with Gasteiger partial charge in [-0.05, 0) is 61.9 Å². The highest BCUT2D eigenvalue weighted by atomic mass is 16.5. The zero-order valence-electron chi connectivity index (χ0n) is 20.5. The average Bonchev–Trinajstić information content (AvgIpc) is 3.46. The maximum absolute atomic E-state index is 13.1. The molecule has 0 atom stereocenters. The molecule has 0 saturated heterocycles. The van der Waals surface area contributed by atoms with Crippen LogP contribution in [0.1, 0.15) is 27.3 Å². The topological polar surface area (TPSA) is 120 Å². The van der Waals surface area contributed by atoms with Crippen LogP contribution in [0, 0.1) is 13.8 Å². The molecular formula is C27H26N6O3. The Hall–Kier alpha value is -4.66. The van der Waals surface area contributed by atoms with Crippen LogP contribution in [0.3, 0.4) is 0 Å². The number of nitrogens with zero attached hydrogens (tertiary/aromatic N) is 4. The number of carbonyl (C=O) groups excluding carboxylic acids is 1. The number of aromatic hydroxyl groups is 1. The first-order valence-electron chi connectivity index (χ1n) is 11.4. The molecule has 3 heterocycles.